The van der Waals surface area contributed by atoms with Gasteiger partial charge in [0.05, 0.1) is 5.69 Å². The molecule has 4 N–H and O–H groups in total. The fourth-order valence-corrected chi connectivity index (χ4v) is 2.93. The molecule has 0 aliphatic heterocycles. The molecule has 1 aliphatic rings. The molecule has 2 amide bonds. The molecule has 0 unspecified atom stereocenters. The van der Waals surface area contributed by atoms with Crippen molar-refractivity contribution in [3.05, 3.63) is 23.8 Å². The molecule has 1 aromatic carbocycles. The van der Waals surface area contributed by atoms with Crippen LogP contribution < -0.4 is 15.8 Å². The van der Waals surface area contributed by atoms with Gasteiger partial charge in [0.25, 0.3) is 10.0 Å². The van der Waals surface area contributed by atoms with Crippen molar-refractivity contribution >= 4 is 21.7 Å². The molecule has 0 heterocycles. The zero-order valence-corrected chi connectivity index (χ0v) is 10.8. The number of amides is 2. The SMILES string of the molecule is Cc1cccc(N)c1S(=O)(=O)NC(=O)NC1CC1. The molecule has 0 aromatic heterocycles. The van der Waals surface area contributed by atoms with Crippen molar-refractivity contribution in [2.45, 2.75) is 30.7 Å². The average Bonchev–Trinajstić information content (AvgIpc) is 2.99. The van der Waals surface area contributed by atoms with Gasteiger partial charge in [-0.3, -0.25) is 0 Å². The Balaban J connectivity index is 2.21. The molecule has 98 valence electrons. The Morgan fingerprint density at radius 2 is 2.06 bits per heavy atom. The fourth-order valence-electron chi connectivity index (χ4n) is 1.66. The van der Waals surface area contributed by atoms with Crippen LogP contribution in [0, 0.1) is 6.92 Å². The lowest BCUT2D eigenvalue weighted by Gasteiger charge is -2.11. The second-order valence-electron chi connectivity index (χ2n) is 4.35. The van der Waals surface area contributed by atoms with Gasteiger partial charge < -0.3 is 11.1 Å². The summed E-state index contributed by atoms with van der Waals surface area (Å²) in [5, 5.41) is 2.55. The number of hydrogen-bond donors (Lipinski definition) is 3. The van der Waals surface area contributed by atoms with Gasteiger partial charge in [0.15, 0.2) is 0 Å². The number of hydrogen-bond acceptors (Lipinski definition) is 4. The van der Waals surface area contributed by atoms with E-state index in [-0.39, 0.29) is 16.6 Å². The zero-order valence-electron chi connectivity index (χ0n) is 9.93. The second kappa shape index (κ2) is 4.49. The van der Waals surface area contributed by atoms with Crippen LogP contribution in [0.15, 0.2) is 23.1 Å². The Kier molecular flexibility index (Phi) is 3.16. The summed E-state index contributed by atoms with van der Waals surface area (Å²) >= 11 is 0. The van der Waals surface area contributed by atoms with Crippen molar-refractivity contribution < 1.29 is 13.2 Å². The maximum Gasteiger partial charge on any atom is 0.328 e. The van der Waals surface area contributed by atoms with Crippen molar-refractivity contribution in [3.63, 3.8) is 0 Å². The number of carbonyl (C=O) groups excluding carboxylic acids is 1. The molecular formula is C11H15N3O3S. The highest BCUT2D eigenvalue weighted by molar-refractivity contribution is 7.90. The summed E-state index contributed by atoms with van der Waals surface area (Å²) in [6.45, 7) is 1.63. The van der Waals surface area contributed by atoms with E-state index in [0.29, 0.717) is 5.56 Å². The molecule has 0 atom stereocenters. The van der Waals surface area contributed by atoms with Crippen molar-refractivity contribution in [2.24, 2.45) is 0 Å². The first-order chi connectivity index (χ1) is 8.40. The third-order valence-electron chi connectivity index (χ3n) is 2.65. The smallest absolute Gasteiger partial charge is 0.328 e. The van der Waals surface area contributed by atoms with Crippen molar-refractivity contribution in [1.29, 1.82) is 0 Å². The summed E-state index contributed by atoms with van der Waals surface area (Å²) in [5.74, 6) is 0. The van der Waals surface area contributed by atoms with Gasteiger partial charge in [-0.1, -0.05) is 12.1 Å². The van der Waals surface area contributed by atoms with E-state index in [4.69, 9.17) is 5.73 Å². The summed E-state index contributed by atoms with van der Waals surface area (Å²) in [5.41, 5.74) is 6.27. The molecule has 7 heteroatoms. The predicted octanol–water partition coefficient (Wildman–Crippen LogP) is 0.728. The molecule has 2 rings (SSSR count). The lowest BCUT2D eigenvalue weighted by molar-refractivity contribution is 0.245. The normalized spacial score (nSPS) is 15.2. The highest BCUT2D eigenvalue weighted by Crippen LogP contribution is 2.22. The highest BCUT2D eigenvalue weighted by atomic mass is 32.2. The number of urea groups is 1. The van der Waals surface area contributed by atoms with Crippen LogP contribution in [-0.2, 0) is 10.0 Å². The van der Waals surface area contributed by atoms with Crippen molar-refractivity contribution in [3.8, 4) is 0 Å². The number of rotatable bonds is 3. The topological polar surface area (TPSA) is 101 Å². The van der Waals surface area contributed by atoms with Gasteiger partial charge in [0.1, 0.15) is 4.90 Å². The monoisotopic (exact) mass is 269 g/mol. The maximum absolute atomic E-state index is 12.0. The molecule has 1 saturated carbocycles. The first kappa shape index (κ1) is 12.7. The van der Waals surface area contributed by atoms with Crippen LogP contribution >= 0.6 is 0 Å². The Morgan fingerprint density at radius 1 is 1.39 bits per heavy atom. The van der Waals surface area contributed by atoms with E-state index in [2.05, 4.69) is 5.32 Å². The van der Waals surface area contributed by atoms with Crippen LogP contribution in [0.2, 0.25) is 0 Å². The maximum atomic E-state index is 12.0. The van der Waals surface area contributed by atoms with Crippen LogP contribution in [0.5, 0.6) is 0 Å². The Labute approximate surface area is 106 Å². The number of nitrogen functional groups attached to an aromatic ring is 1. The highest BCUT2D eigenvalue weighted by Gasteiger charge is 2.27. The number of benzene rings is 1. The van der Waals surface area contributed by atoms with Gasteiger partial charge in [-0.05, 0) is 31.4 Å². The predicted molar refractivity (Wildman–Crippen MR) is 67.5 cm³/mol. The van der Waals surface area contributed by atoms with Crippen molar-refractivity contribution in [1.82, 2.24) is 10.0 Å². The molecule has 1 fully saturated rings. The van der Waals surface area contributed by atoms with Crippen LogP contribution in [-0.4, -0.2) is 20.5 Å². The fraction of sp³-hybridized carbons (Fsp3) is 0.364. The number of carbonyl (C=O) groups is 1. The number of aryl methyl sites for hydroxylation is 1. The van der Waals surface area contributed by atoms with E-state index in [9.17, 15) is 13.2 Å². The van der Waals surface area contributed by atoms with Gasteiger partial charge in [-0.15, -0.1) is 0 Å². The number of anilines is 1. The first-order valence-corrected chi connectivity index (χ1v) is 7.07. The summed E-state index contributed by atoms with van der Waals surface area (Å²) in [4.78, 5) is 11.4. The summed E-state index contributed by atoms with van der Waals surface area (Å²) < 4.78 is 26.0. The molecule has 1 aromatic rings. The Bertz CT molecular complexity index is 559. The van der Waals surface area contributed by atoms with E-state index in [1.54, 1.807) is 19.1 Å². The number of nitrogens with one attached hydrogen (secondary N) is 2. The van der Waals surface area contributed by atoms with Gasteiger partial charge in [-0.25, -0.2) is 17.9 Å². The Hall–Kier alpha value is -1.76. The minimum atomic E-state index is -3.93. The number of nitrogens with two attached hydrogens (primary N) is 1. The van der Waals surface area contributed by atoms with E-state index < -0.39 is 16.1 Å². The number of sulfonamides is 1. The minimum Gasteiger partial charge on any atom is -0.398 e. The lowest BCUT2D eigenvalue weighted by Crippen LogP contribution is -2.40. The van der Waals surface area contributed by atoms with Gasteiger partial charge in [0.2, 0.25) is 0 Å². The minimum absolute atomic E-state index is 0.0454. The largest absolute Gasteiger partial charge is 0.398 e. The van der Waals surface area contributed by atoms with E-state index in [1.165, 1.54) is 6.07 Å². The van der Waals surface area contributed by atoms with Crippen LogP contribution in [0.25, 0.3) is 0 Å². The lowest BCUT2D eigenvalue weighted by atomic mass is 10.2. The van der Waals surface area contributed by atoms with Crippen LogP contribution in [0.4, 0.5) is 10.5 Å². The molecule has 0 spiro atoms. The van der Waals surface area contributed by atoms with Crippen LogP contribution in [0.3, 0.4) is 0 Å². The molecule has 0 bridgehead atoms. The second-order valence-corrected chi connectivity index (χ2v) is 5.97. The van der Waals surface area contributed by atoms with Crippen LogP contribution in [0.1, 0.15) is 18.4 Å². The summed E-state index contributed by atoms with van der Waals surface area (Å²) in [7, 11) is -3.93. The third kappa shape index (κ3) is 2.73. The molecular weight excluding hydrogens is 254 g/mol. The van der Waals surface area contributed by atoms with E-state index in [0.717, 1.165) is 12.8 Å². The average molecular weight is 269 g/mol. The first-order valence-electron chi connectivity index (χ1n) is 5.58. The quantitative estimate of drug-likeness (QED) is 0.704. The van der Waals surface area contributed by atoms with E-state index in [1.807, 2.05) is 4.72 Å². The molecule has 6 nitrogen and oxygen atoms in total. The van der Waals surface area contributed by atoms with Gasteiger partial charge >= 0.3 is 6.03 Å². The van der Waals surface area contributed by atoms with E-state index >= 15 is 0 Å². The Morgan fingerprint density at radius 3 is 2.61 bits per heavy atom. The van der Waals surface area contributed by atoms with Gasteiger partial charge in [-0.2, -0.15) is 0 Å². The van der Waals surface area contributed by atoms with Gasteiger partial charge in [0, 0.05) is 6.04 Å². The standard InChI is InChI=1S/C11H15N3O3S/c1-7-3-2-4-9(12)10(7)18(16,17)14-11(15)13-8-5-6-8/h2-4,8H,5-6,12H2,1H3,(H2,13,14,15). The summed E-state index contributed by atoms with van der Waals surface area (Å²) in [6.07, 6.45) is 1.78. The summed E-state index contributed by atoms with van der Waals surface area (Å²) in [6, 6.07) is 4.16. The molecule has 0 saturated heterocycles. The zero-order chi connectivity index (χ0) is 13.3. The molecule has 0 radical (unpaired) electrons. The molecule has 1 aliphatic carbocycles. The third-order valence-corrected chi connectivity index (χ3v) is 4.20. The molecule has 18 heavy (non-hydrogen) atoms. The van der Waals surface area contributed by atoms with Crippen molar-refractivity contribution in [2.75, 3.05) is 5.73 Å².